The highest BCUT2D eigenvalue weighted by Crippen LogP contribution is 2.31. The van der Waals surface area contributed by atoms with Gasteiger partial charge in [-0.05, 0) is 31.5 Å². The number of hydrogen-bond acceptors (Lipinski definition) is 3. The molecule has 1 unspecified atom stereocenters. The van der Waals surface area contributed by atoms with Crippen LogP contribution in [0.4, 0.5) is 5.69 Å². The molecule has 2 heterocycles. The van der Waals surface area contributed by atoms with Gasteiger partial charge in [-0.1, -0.05) is 27.5 Å². The Bertz CT molecular complexity index is 722. The van der Waals surface area contributed by atoms with Gasteiger partial charge in [0.1, 0.15) is 0 Å². The second-order valence-electron chi connectivity index (χ2n) is 5.63. The van der Waals surface area contributed by atoms with Crippen molar-refractivity contribution in [3.8, 4) is 0 Å². The maximum atomic E-state index is 11.7. The lowest BCUT2D eigenvalue weighted by atomic mass is 10.1. The van der Waals surface area contributed by atoms with Crippen molar-refractivity contribution in [3.05, 3.63) is 33.9 Å². The summed E-state index contributed by atoms with van der Waals surface area (Å²) in [6.45, 7) is 3.65. The molecule has 116 valence electrons. The average Bonchev–Trinajstić information content (AvgIpc) is 2.85. The first-order chi connectivity index (χ1) is 10.5. The Labute approximate surface area is 143 Å². The average molecular weight is 383 g/mol. The van der Waals surface area contributed by atoms with E-state index in [2.05, 4.69) is 33.2 Å². The molecule has 0 aliphatic carbocycles. The second-order valence-corrected chi connectivity index (χ2v) is 6.95. The van der Waals surface area contributed by atoms with Crippen LogP contribution in [0.15, 0.2) is 28.9 Å². The molecule has 4 nitrogen and oxygen atoms in total. The Hall–Kier alpha value is -1.33. The third-order valence-corrected chi connectivity index (χ3v) is 4.58. The molecule has 0 saturated carbocycles. The Morgan fingerprint density at radius 1 is 1.50 bits per heavy atom. The lowest BCUT2D eigenvalue weighted by Crippen LogP contribution is -2.35. The van der Waals surface area contributed by atoms with E-state index in [1.807, 2.05) is 23.1 Å². The van der Waals surface area contributed by atoms with Gasteiger partial charge in [-0.2, -0.15) is 0 Å². The van der Waals surface area contributed by atoms with E-state index < -0.39 is 0 Å². The molecule has 0 radical (unpaired) electrons. The predicted octanol–water partition coefficient (Wildman–Crippen LogP) is 4.07. The Kier molecular flexibility index (Phi) is 4.54. The fraction of sp³-hybridized carbons (Fsp3) is 0.375. The summed E-state index contributed by atoms with van der Waals surface area (Å²) in [6, 6.07) is 5.94. The Morgan fingerprint density at radius 2 is 2.32 bits per heavy atom. The summed E-state index contributed by atoms with van der Waals surface area (Å²) < 4.78 is 0.920. The van der Waals surface area contributed by atoms with Crippen LogP contribution in [0.1, 0.15) is 19.8 Å². The summed E-state index contributed by atoms with van der Waals surface area (Å²) >= 11 is 9.72. The van der Waals surface area contributed by atoms with Crippen molar-refractivity contribution in [1.82, 2.24) is 9.88 Å². The summed E-state index contributed by atoms with van der Waals surface area (Å²) in [5, 5.41) is 5.07. The van der Waals surface area contributed by atoms with E-state index in [0.717, 1.165) is 34.0 Å². The first kappa shape index (κ1) is 15.6. The predicted molar refractivity (Wildman–Crippen MR) is 93.4 cm³/mol. The van der Waals surface area contributed by atoms with Gasteiger partial charge in [0.25, 0.3) is 0 Å². The van der Waals surface area contributed by atoms with Crippen LogP contribution in [0.25, 0.3) is 10.9 Å². The van der Waals surface area contributed by atoms with E-state index in [9.17, 15) is 4.79 Å². The molecule has 1 fully saturated rings. The molecule has 1 saturated heterocycles. The third-order valence-electron chi connectivity index (χ3n) is 3.83. The maximum Gasteiger partial charge on any atom is 0.222 e. The lowest BCUT2D eigenvalue weighted by molar-refractivity contribution is -0.127. The van der Waals surface area contributed by atoms with Gasteiger partial charge in [-0.3, -0.25) is 9.78 Å². The van der Waals surface area contributed by atoms with E-state index >= 15 is 0 Å². The van der Waals surface area contributed by atoms with Crippen molar-refractivity contribution in [2.24, 2.45) is 0 Å². The van der Waals surface area contributed by atoms with Crippen LogP contribution in [0, 0.1) is 0 Å². The largest absolute Gasteiger partial charge is 0.380 e. The topological polar surface area (TPSA) is 45.2 Å². The van der Waals surface area contributed by atoms with Gasteiger partial charge in [0.15, 0.2) is 0 Å². The molecular weight excluding hydrogens is 366 g/mol. The minimum absolute atomic E-state index is 0.158. The summed E-state index contributed by atoms with van der Waals surface area (Å²) in [5.74, 6) is 0.249. The number of hydrogen-bond donors (Lipinski definition) is 1. The smallest absolute Gasteiger partial charge is 0.222 e. The van der Waals surface area contributed by atoms with Gasteiger partial charge in [-0.25, -0.2) is 0 Å². The number of carbonyl (C=O) groups excluding carboxylic acids is 1. The first-order valence-corrected chi connectivity index (χ1v) is 8.50. The van der Waals surface area contributed by atoms with Crippen LogP contribution in [0.3, 0.4) is 0 Å². The number of amides is 1. The number of aromatic nitrogens is 1. The fourth-order valence-electron chi connectivity index (χ4n) is 2.84. The number of anilines is 1. The van der Waals surface area contributed by atoms with Gasteiger partial charge < -0.3 is 10.2 Å². The number of nitrogens with one attached hydrogen (secondary N) is 1. The molecule has 6 heteroatoms. The van der Waals surface area contributed by atoms with E-state index in [-0.39, 0.29) is 11.9 Å². The molecule has 3 rings (SSSR count). The maximum absolute atomic E-state index is 11.7. The Balaban J connectivity index is 1.82. The number of rotatable bonds is 4. The van der Waals surface area contributed by atoms with E-state index in [1.54, 1.807) is 6.20 Å². The highest BCUT2D eigenvalue weighted by Gasteiger charge is 2.22. The highest BCUT2D eigenvalue weighted by atomic mass is 79.9. The summed E-state index contributed by atoms with van der Waals surface area (Å²) in [5.41, 5.74) is 1.76. The number of halogens is 2. The SMILES string of the molecule is CC(CN1CCCC1=O)Nc1ccnc2c(Cl)cc(Br)cc12. The minimum Gasteiger partial charge on any atom is -0.380 e. The van der Waals surface area contributed by atoms with E-state index in [0.29, 0.717) is 18.0 Å². The molecule has 1 aromatic heterocycles. The standard InChI is InChI=1S/C16H17BrClN3O/c1-10(9-21-6-2-3-15(21)22)20-14-4-5-19-16-12(14)7-11(17)8-13(16)18/h4-5,7-8,10H,2-3,6,9H2,1H3,(H,19,20). The van der Waals surface area contributed by atoms with Crippen molar-refractivity contribution in [2.45, 2.75) is 25.8 Å². The minimum atomic E-state index is 0.158. The number of likely N-dealkylation sites (tertiary alicyclic amines) is 1. The van der Waals surface area contributed by atoms with Gasteiger partial charge in [0.05, 0.1) is 10.5 Å². The molecule has 1 aromatic carbocycles. The molecule has 22 heavy (non-hydrogen) atoms. The van der Waals surface area contributed by atoms with Crippen molar-refractivity contribution < 1.29 is 4.79 Å². The van der Waals surface area contributed by atoms with Gasteiger partial charge in [0.2, 0.25) is 5.91 Å². The molecule has 1 aliphatic rings. The molecule has 2 aromatic rings. The summed E-state index contributed by atoms with van der Waals surface area (Å²) in [7, 11) is 0. The van der Waals surface area contributed by atoms with Crippen LogP contribution in [-0.2, 0) is 4.79 Å². The summed E-state index contributed by atoms with van der Waals surface area (Å²) in [6.07, 6.45) is 3.39. The zero-order chi connectivity index (χ0) is 15.7. The molecular formula is C16H17BrClN3O. The van der Waals surface area contributed by atoms with E-state index in [1.165, 1.54) is 0 Å². The quantitative estimate of drug-likeness (QED) is 0.867. The number of fused-ring (bicyclic) bond motifs is 1. The zero-order valence-corrected chi connectivity index (χ0v) is 14.6. The first-order valence-electron chi connectivity index (χ1n) is 7.32. The van der Waals surface area contributed by atoms with Crippen LogP contribution in [0.2, 0.25) is 5.02 Å². The zero-order valence-electron chi connectivity index (χ0n) is 12.3. The Morgan fingerprint density at radius 3 is 3.05 bits per heavy atom. The third kappa shape index (κ3) is 3.20. The summed E-state index contributed by atoms with van der Waals surface area (Å²) in [4.78, 5) is 18.0. The molecule has 0 spiro atoms. The van der Waals surface area contributed by atoms with Crippen LogP contribution in [0.5, 0.6) is 0 Å². The van der Waals surface area contributed by atoms with Crippen molar-refractivity contribution in [3.63, 3.8) is 0 Å². The van der Waals surface area contributed by atoms with Crippen molar-refractivity contribution in [2.75, 3.05) is 18.4 Å². The molecule has 1 aliphatic heterocycles. The van der Waals surface area contributed by atoms with E-state index in [4.69, 9.17) is 11.6 Å². The molecule has 1 amide bonds. The number of pyridine rings is 1. The molecule has 0 bridgehead atoms. The van der Waals surface area contributed by atoms with Gasteiger partial charge >= 0.3 is 0 Å². The number of nitrogens with zero attached hydrogens (tertiary/aromatic N) is 2. The number of carbonyl (C=O) groups is 1. The van der Waals surface area contributed by atoms with Crippen molar-refractivity contribution >= 4 is 50.0 Å². The van der Waals surface area contributed by atoms with Crippen LogP contribution in [-0.4, -0.2) is 34.9 Å². The van der Waals surface area contributed by atoms with Crippen molar-refractivity contribution in [1.29, 1.82) is 0 Å². The highest BCUT2D eigenvalue weighted by molar-refractivity contribution is 9.10. The second kappa shape index (κ2) is 6.42. The molecule has 1 N–H and O–H groups in total. The van der Waals surface area contributed by atoms with Crippen LogP contribution < -0.4 is 5.32 Å². The lowest BCUT2D eigenvalue weighted by Gasteiger charge is -2.23. The monoisotopic (exact) mass is 381 g/mol. The fourth-order valence-corrected chi connectivity index (χ4v) is 3.70. The normalized spacial score (nSPS) is 16.3. The van der Waals surface area contributed by atoms with Gasteiger partial charge in [-0.15, -0.1) is 0 Å². The van der Waals surface area contributed by atoms with Crippen LogP contribution >= 0.6 is 27.5 Å². The van der Waals surface area contributed by atoms with Gasteiger partial charge in [0, 0.05) is 47.3 Å². The molecule has 1 atom stereocenters. The number of benzene rings is 1.